The van der Waals surface area contributed by atoms with Crippen LogP contribution in [0.5, 0.6) is 5.75 Å². The van der Waals surface area contributed by atoms with Gasteiger partial charge in [-0.2, -0.15) is 5.06 Å². The molecule has 0 radical (unpaired) electrons. The van der Waals surface area contributed by atoms with Crippen LogP contribution in [0.1, 0.15) is 63.1 Å². The summed E-state index contributed by atoms with van der Waals surface area (Å²) in [5, 5.41) is 20.9. The monoisotopic (exact) mass is 612 g/mol. The molecule has 4 unspecified atom stereocenters. The Labute approximate surface area is 264 Å². The summed E-state index contributed by atoms with van der Waals surface area (Å²) in [6.45, 7) is 10.0. The average molecular weight is 613 g/mol. The lowest BCUT2D eigenvalue weighted by Crippen LogP contribution is -2.44. The summed E-state index contributed by atoms with van der Waals surface area (Å²) in [6, 6.07) is 15.4. The highest BCUT2D eigenvalue weighted by atomic mass is 16.7. The predicted molar refractivity (Wildman–Crippen MR) is 175 cm³/mol. The standard InChI is InChI=1S/C26H38N4O5.C9H18/c1-28(2)12-13-29(14-19-8-5-4-6-9-19)15-20-10-7-11-21(25(20)34-3)16-30-24(26(27)33)22(17-31)23(18-32)35-30;1-8-5-4-6-9(2,3)7-8/h4-11,22-24,31-32H,12-18H2,1-3H3,(H2,27,33);8H,4-7H2,1-3H3. The van der Waals surface area contributed by atoms with E-state index >= 15 is 0 Å². The van der Waals surface area contributed by atoms with E-state index in [0.29, 0.717) is 12.0 Å². The summed E-state index contributed by atoms with van der Waals surface area (Å²) in [4.78, 5) is 22.5. The zero-order valence-corrected chi connectivity index (χ0v) is 27.7. The van der Waals surface area contributed by atoms with E-state index in [1.807, 2.05) is 36.4 Å². The van der Waals surface area contributed by atoms with Crippen molar-refractivity contribution in [3.05, 3.63) is 65.2 Å². The number of hydrogen-bond acceptors (Lipinski definition) is 8. The number of hydrogen-bond donors (Lipinski definition) is 3. The van der Waals surface area contributed by atoms with Gasteiger partial charge in [-0.15, -0.1) is 0 Å². The number of primary amides is 1. The van der Waals surface area contributed by atoms with Gasteiger partial charge >= 0.3 is 0 Å². The molecule has 4 atom stereocenters. The summed E-state index contributed by atoms with van der Waals surface area (Å²) in [5.41, 5.74) is 9.37. The Hall–Kier alpha value is -2.53. The molecule has 2 aromatic rings. The lowest BCUT2D eigenvalue weighted by molar-refractivity contribution is -0.180. The Morgan fingerprint density at radius 1 is 1.05 bits per heavy atom. The van der Waals surface area contributed by atoms with E-state index in [1.165, 1.54) is 36.3 Å². The number of para-hydroxylation sites is 1. The number of aliphatic hydroxyl groups excluding tert-OH is 2. The first-order chi connectivity index (χ1) is 21.0. The summed E-state index contributed by atoms with van der Waals surface area (Å²) in [6.07, 6.45) is 5.10. The van der Waals surface area contributed by atoms with Crippen molar-refractivity contribution in [2.24, 2.45) is 23.0 Å². The van der Waals surface area contributed by atoms with Crippen LogP contribution in [0.4, 0.5) is 0 Å². The summed E-state index contributed by atoms with van der Waals surface area (Å²) in [5.74, 6) is 0.496. The lowest BCUT2D eigenvalue weighted by atomic mass is 9.73. The molecule has 9 nitrogen and oxygen atoms in total. The van der Waals surface area contributed by atoms with Crippen LogP contribution >= 0.6 is 0 Å². The largest absolute Gasteiger partial charge is 0.496 e. The minimum atomic E-state index is -0.847. The number of nitrogens with two attached hydrogens (primary N) is 1. The Kier molecular flexibility index (Phi) is 14.1. The number of carbonyl (C=O) groups is 1. The van der Waals surface area contributed by atoms with Crippen LogP contribution in [0, 0.1) is 17.3 Å². The molecule has 1 saturated heterocycles. The first kappa shape index (κ1) is 35.9. The van der Waals surface area contributed by atoms with Gasteiger partial charge < -0.3 is 25.6 Å². The fraction of sp³-hybridized carbons (Fsp3) is 0.629. The van der Waals surface area contributed by atoms with E-state index in [0.717, 1.165) is 42.4 Å². The molecule has 2 fully saturated rings. The number of benzene rings is 2. The molecular formula is C35H56N4O5. The summed E-state index contributed by atoms with van der Waals surface area (Å²) >= 11 is 0. The number of amides is 1. The molecule has 0 aromatic heterocycles. The third-order valence-corrected chi connectivity index (χ3v) is 8.81. The quantitative estimate of drug-likeness (QED) is 0.311. The van der Waals surface area contributed by atoms with Gasteiger partial charge in [-0.25, -0.2) is 0 Å². The number of rotatable bonds is 13. The van der Waals surface area contributed by atoms with Crippen LogP contribution in [0.3, 0.4) is 0 Å². The highest BCUT2D eigenvalue weighted by Gasteiger charge is 2.46. The van der Waals surface area contributed by atoms with E-state index in [-0.39, 0.29) is 19.8 Å². The fourth-order valence-electron chi connectivity index (χ4n) is 6.64. The second-order valence-corrected chi connectivity index (χ2v) is 13.6. The SMILES string of the molecule is CC1CCCC(C)(C)C1.COc1c(CN(CCN(C)C)Cc2ccccc2)cccc1CN1OC(CO)C(CO)C1C(N)=O. The van der Waals surface area contributed by atoms with Crippen LogP contribution in [0.2, 0.25) is 0 Å². The van der Waals surface area contributed by atoms with Gasteiger partial charge in [0.15, 0.2) is 0 Å². The van der Waals surface area contributed by atoms with Gasteiger partial charge in [-0.05, 0) is 43.8 Å². The third-order valence-electron chi connectivity index (χ3n) is 8.81. The predicted octanol–water partition coefficient (Wildman–Crippen LogP) is 4.05. The first-order valence-electron chi connectivity index (χ1n) is 16.0. The molecule has 1 amide bonds. The van der Waals surface area contributed by atoms with E-state index in [9.17, 15) is 15.0 Å². The molecule has 44 heavy (non-hydrogen) atoms. The molecular weight excluding hydrogens is 556 g/mol. The summed E-state index contributed by atoms with van der Waals surface area (Å²) in [7, 11) is 5.76. The van der Waals surface area contributed by atoms with E-state index < -0.39 is 24.0 Å². The Bertz CT molecular complexity index is 1150. The van der Waals surface area contributed by atoms with E-state index in [2.05, 4.69) is 56.8 Å². The molecule has 4 rings (SSSR count). The molecule has 1 aliphatic heterocycles. The zero-order valence-electron chi connectivity index (χ0n) is 27.7. The Morgan fingerprint density at radius 3 is 2.30 bits per heavy atom. The van der Waals surface area contributed by atoms with Crippen molar-refractivity contribution < 1.29 is 24.6 Å². The van der Waals surface area contributed by atoms with Gasteiger partial charge in [0.1, 0.15) is 17.9 Å². The van der Waals surface area contributed by atoms with Crippen molar-refractivity contribution in [2.45, 2.75) is 78.2 Å². The van der Waals surface area contributed by atoms with Gasteiger partial charge in [-0.3, -0.25) is 14.5 Å². The van der Waals surface area contributed by atoms with E-state index in [4.69, 9.17) is 15.3 Å². The van der Waals surface area contributed by atoms with Crippen molar-refractivity contribution in [1.82, 2.24) is 14.9 Å². The number of hydroxylamine groups is 2. The number of likely N-dealkylation sites (N-methyl/N-ethyl adjacent to an activating group) is 1. The van der Waals surface area contributed by atoms with Gasteiger partial charge in [0.05, 0.1) is 26.9 Å². The molecule has 1 heterocycles. The molecule has 4 N–H and O–H groups in total. The van der Waals surface area contributed by atoms with Crippen molar-refractivity contribution in [1.29, 1.82) is 0 Å². The topological polar surface area (TPSA) is 112 Å². The van der Waals surface area contributed by atoms with Crippen LogP contribution in [0.25, 0.3) is 0 Å². The first-order valence-corrected chi connectivity index (χ1v) is 16.0. The molecule has 246 valence electrons. The summed E-state index contributed by atoms with van der Waals surface area (Å²) < 4.78 is 5.83. The number of aliphatic hydroxyl groups is 2. The average Bonchev–Trinajstić information content (AvgIpc) is 3.34. The third kappa shape index (κ3) is 10.5. The van der Waals surface area contributed by atoms with Crippen LogP contribution < -0.4 is 10.5 Å². The number of nitrogens with zero attached hydrogens (tertiary/aromatic N) is 3. The van der Waals surface area contributed by atoms with Crippen molar-refractivity contribution >= 4 is 5.91 Å². The maximum absolute atomic E-state index is 12.2. The lowest BCUT2D eigenvalue weighted by Gasteiger charge is -2.33. The number of carbonyl (C=O) groups excluding carboxylic acids is 1. The molecule has 1 saturated carbocycles. The van der Waals surface area contributed by atoms with Crippen molar-refractivity contribution in [3.8, 4) is 5.75 Å². The number of methoxy groups -OCH3 is 1. The molecule has 2 aliphatic rings. The minimum Gasteiger partial charge on any atom is -0.496 e. The molecule has 2 aromatic carbocycles. The molecule has 1 aliphatic carbocycles. The second kappa shape index (κ2) is 17.2. The zero-order chi connectivity index (χ0) is 32.3. The van der Waals surface area contributed by atoms with Crippen molar-refractivity contribution in [3.63, 3.8) is 0 Å². The highest BCUT2D eigenvalue weighted by Crippen LogP contribution is 2.38. The fourth-order valence-corrected chi connectivity index (χ4v) is 6.64. The maximum Gasteiger partial charge on any atom is 0.237 e. The van der Waals surface area contributed by atoms with Gasteiger partial charge in [0, 0.05) is 43.2 Å². The minimum absolute atomic E-state index is 0.230. The van der Waals surface area contributed by atoms with Gasteiger partial charge in [0.25, 0.3) is 0 Å². The number of ether oxygens (including phenoxy) is 1. The normalized spacial score (nSPS) is 23.4. The highest BCUT2D eigenvalue weighted by molar-refractivity contribution is 5.80. The van der Waals surface area contributed by atoms with E-state index in [1.54, 1.807) is 7.11 Å². The molecule has 0 spiro atoms. The Morgan fingerprint density at radius 2 is 1.75 bits per heavy atom. The van der Waals surface area contributed by atoms with Crippen LogP contribution in [-0.4, -0.2) is 90.6 Å². The van der Waals surface area contributed by atoms with Crippen molar-refractivity contribution in [2.75, 3.05) is 47.5 Å². The van der Waals surface area contributed by atoms with Crippen LogP contribution in [-0.2, 0) is 29.3 Å². The maximum atomic E-state index is 12.2. The second-order valence-electron chi connectivity index (χ2n) is 13.6. The smallest absolute Gasteiger partial charge is 0.237 e. The van der Waals surface area contributed by atoms with Crippen LogP contribution in [0.15, 0.2) is 48.5 Å². The Balaban J connectivity index is 0.000000502. The van der Waals surface area contributed by atoms with Gasteiger partial charge in [-0.1, -0.05) is 82.1 Å². The molecule has 9 heteroatoms. The molecule has 0 bridgehead atoms. The van der Waals surface area contributed by atoms with Gasteiger partial charge in [0.2, 0.25) is 5.91 Å².